The highest BCUT2D eigenvalue weighted by molar-refractivity contribution is 6.19. The van der Waals surface area contributed by atoms with Gasteiger partial charge in [0, 0.05) is 26.9 Å². The zero-order valence-corrected chi connectivity index (χ0v) is 31.9. The van der Waals surface area contributed by atoms with Crippen LogP contribution in [0.1, 0.15) is 22.3 Å². The van der Waals surface area contributed by atoms with Crippen LogP contribution in [-0.4, -0.2) is 0 Å². The van der Waals surface area contributed by atoms with Gasteiger partial charge in [-0.25, -0.2) is 0 Å². The Morgan fingerprint density at radius 2 is 0.949 bits per heavy atom. The highest BCUT2D eigenvalue weighted by Crippen LogP contribution is 2.59. The van der Waals surface area contributed by atoms with E-state index in [0.717, 1.165) is 49.3 Å². The number of furan rings is 2. The van der Waals surface area contributed by atoms with E-state index in [1.807, 2.05) is 12.1 Å². The molecule has 0 aliphatic heterocycles. The van der Waals surface area contributed by atoms with E-state index in [4.69, 9.17) is 8.83 Å². The van der Waals surface area contributed by atoms with Crippen molar-refractivity contribution in [1.82, 2.24) is 0 Å². The summed E-state index contributed by atoms with van der Waals surface area (Å²) in [5.41, 5.74) is 15.3. The van der Waals surface area contributed by atoms with E-state index in [1.165, 1.54) is 71.8 Å². The summed E-state index contributed by atoms with van der Waals surface area (Å²) in [7, 11) is 0. The largest absolute Gasteiger partial charge is 0.456 e. The molecule has 1 aliphatic rings. The minimum Gasteiger partial charge on any atom is -0.456 e. The number of para-hydroxylation sites is 1. The fourth-order valence-corrected chi connectivity index (χ4v) is 10.5. The number of hydrogen-bond acceptors (Lipinski definition) is 2. The molecule has 2 aromatic heterocycles. The third-order valence-corrected chi connectivity index (χ3v) is 12.9. The van der Waals surface area contributed by atoms with Crippen LogP contribution in [0.25, 0.3) is 98.8 Å². The lowest BCUT2D eigenvalue weighted by atomic mass is 9.66. The molecule has 0 bridgehead atoms. The Kier molecular flexibility index (Phi) is 6.68. The summed E-state index contributed by atoms with van der Waals surface area (Å²) >= 11 is 0. The second-order valence-corrected chi connectivity index (χ2v) is 15.9. The molecule has 274 valence electrons. The van der Waals surface area contributed by atoms with Gasteiger partial charge in [-0.2, -0.15) is 0 Å². The molecule has 1 aliphatic carbocycles. The second-order valence-electron chi connectivity index (χ2n) is 15.9. The van der Waals surface area contributed by atoms with Crippen molar-refractivity contribution < 1.29 is 8.83 Å². The van der Waals surface area contributed by atoms with Gasteiger partial charge in [0.05, 0.1) is 5.41 Å². The molecule has 0 saturated heterocycles. The van der Waals surface area contributed by atoms with E-state index in [-0.39, 0.29) is 0 Å². The molecule has 0 spiro atoms. The van der Waals surface area contributed by atoms with Gasteiger partial charge >= 0.3 is 0 Å². The van der Waals surface area contributed by atoms with Crippen LogP contribution in [0.3, 0.4) is 0 Å². The van der Waals surface area contributed by atoms with Gasteiger partial charge in [0.2, 0.25) is 0 Å². The van der Waals surface area contributed by atoms with E-state index >= 15 is 0 Å². The number of fused-ring (bicyclic) bond motifs is 13. The molecule has 2 heteroatoms. The summed E-state index contributed by atoms with van der Waals surface area (Å²) in [6.45, 7) is 0. The third-order valence-electron chi connectivity index (χ3n) is 12.9. The van der Waals surface area contributed by atoms with Crippen LogP contribution in [0.2, 0.25) is 0 Å². The van der Waals surface area contributed by atoms with Gasteiger partial charge in [0.25, 0.3) is 0 Å². The summed E-state index contributed by atoms with van der Waals surface area (Å²) in [5, 5.41) is 9.33. The Morgan fingerprint density at radius 3 is 1.80 bits per heavy atom. The first-order chi connectivity index (χ1) is 29.3. The number of benzene rings is 10. The highest BCUT2D eigenvalue weighted by atomic mass is 16.3. The molecule has 0 radical (unpaired) electrons. The molecule has 2 nitrogen and oxygen atoms in total. The fourth-order valence-electron chi connectivity index (χ4n) is 10.5. The molecule has 0 N–H and O–H groups in total. The van der Waals surface area contributed by atoms with Crippen molar-refractivity contribution in [3.63, 3.8) is 0 Å². The average Bonchev–Trinajstić information content (AvgIpc) is 3.98. The van der Waals surface area contributed by atoms with Crippen LogP contribution in [0.4, 0.5) is 0 Å². The SMILES string of the molecule is c1ccc(C2(c3ccccc3)c3cc(-c4cccc5oc6c7ccccc7ccc6c45)ccc3-c3ccc4c(-c5ccc6oc7ccccc7c6c5)cccc4c32)cc1. The normalized spacial score (nSPS) is 13.2. The molecule has 13 rings (SSSR count). The van der Waals surface area contributed by atoms with Crippen LogP contribution >= 0.6 is 0 Å². The second kappa shape index (κ2) is 12.2. The summed E-state index contributed by atoms with van der Waals surface area (Å²) in [5.74, 6) is 0. The molecular weight excluding hydrogens is 717 g/mol. The van der Waals surface area contributed by atoms with E-state index in [1.54, 1.807) is 0 Å². The van der Waals surface area contributed by atoms with Crippen molar-refractivity contribution in [3.8, 4) is 33.4 Å². The lowest BCUT2D eigenvalue weighted by molar-refractivity contribution is 0.669. The van der Waals surface area contributed by atoms with Crippen LogP contribution in [0, 0.1) is 0 Å². The van der Waals surface area contributed by atoms with E-state index < -0.39 is 5.41 Å². The first-order valence-electron chi connectivity index (χ1n) is 20.3. The lowest BCUT2D eigenvalue weighted by Crippen LogP contribution is -2.29. The van der Waals surface area contributed by atoms with Crippen molar-refractivity contribution >= 4 is 65.4 Å². The van der Waals surface area contributed by atoms with Crippen molar-refractivity contribution in [2.45, 2.75) is 5.41 Å². The molecule has 0 unspecified atom stereocenters. The predicted octanol–water partition coefficient (Wildman–Crippen LogP) is 15.5. The maximum atomic E-state index is 6.68. The summed E-state index contributed by atoms with van der Waals surface area (Å²) < 4.78 is 12.9. The smallest absolute Gasteiger partial charge is 0.143 e. The molecule has 0 amide bonds. The molecule has 59 heavy (non-hydrogen) atoms. The van der Waals surface area contributed by atoms with Gasteiger partial charge in [-0.1, -0.05) is 170 Å². The Morgan fingerprint density at radius 1 is 0.322 bits per heavy atom. The van der Waals surface area contributed by atoms with E-state index in [9.17, 15) is 0 Å². The van der Waals surface area contributed by atoms with Gasteiger partial charge < -0.3 is 8.83 Å². The van der Waals surface area contributed by atoms with E-state index in [0.29, 0.717) is 0 Å². The summed E-state index contributed by atoms with van der Waals surface area (Å²) in [6.07, 6.45) is 0. The van der Waals surface area contributed by atoms with Gasteiger partial charge in [0.15, 0.2) is 0 Å². The van der Waals surface area contributed by atoms with Crippen molar-refractivity contribution in [1.29, 1.82) is 0 Å². The van der Waals surface area contributed by atoms with Crippen molar-refractivity contribution in [2.75, 3.05) is 0 Å². The molecular formula is C57H34O2. The topological polar surface area (TPSA) is 26.3 Å². The average molecular weight is 751 g/mol. The minimum atomic E-state index is -0.603. The Bertz CT molecular complexity index is 3620. The number of hydrogen-bond donors (Lipinski definition) is 0. The van der Waals surface area contributed by atoms with Crippen LogP contribution in [-0.2, 0) is 5.41 Å². The Balaban J connectivity index is 1.10. The maximum absolute atomic E-state index is 6.68. The zero-order valence-electron chi connectivity index (χ0n) is 31.9. The van der Waals surface area contributed by atoms with Gasteiger partial charge in [-0.05, 0) is 108 Å². The van der Waals surface area contributed by atoms with Gasteiger partial charge in [-0.3, -0.25) is 0 Å². The third kappa shape index (κ3) is 4.46. The van der Waals surface area contributed by atoms with Crippen LogP contribution in [0.15, 0.2) is 215 Å². The molecule has 0 atom stereocenters. The monoisotopic (exact) mass is 750 g/mol. The summed E-state index contributed by atoms with van der Waals surface area (Å²) in [6, 6.07) is 75.3. The fraction of sp³-hybridized carbons (Fsp3) is 0.0175. The first-order valence-corrected chi connectivity index (χ1v) is 20.3. The molecule has 10 aromatic carbocycles. The summed E-state index contributed by atoms with van der Waals surface area (Å²) in [4.78, 5) is 0. The lowest BCUT2D eigenvalue weighted by Gasteiger charge is -2.35. The quantitative estimate of drug-likeness (QED) is 0.179. The standard InChI is InChI=1S/C57H34O2/c1-3-14-38(15-4-1)57(39-16-5-2-6-17-39)50-34-37(41-21-12-24-53-54(41)48-29-25-35-13-7-8-18-42(35)56(48)59-53)26-28-44(50)47-31-30-43-40(20-11-22-46(43)55(47)57)36-27-32-52-49(33-36)45-19-9-10-23-51(45)58-52/h1-34H. The van der Waals surface area contributed by atoms with Crippen molar-refractivity contribution in [3.05, 3.63) is 229 Å². The Hall–Kier alpha value is -7.68. The molecule has 12 aromatic rings. The first kappa shape index (κ1) is 32.4. The van der Waals surface area contributed by atoms with Gasteiger partial charge in [-0.15, -0.1) is 0 Å². The predicted molar refractivity (Wildman–Crippen MR) is 244 cm³/mol. The van der Waals surface area contributed by atoms with Gasteiger partial charge in [0.1, 0.15) is 22.3 Å². The van der Waals surface area contributed by atoms with Crippen molar-refractivity contribution in [2.24, 2.45) is 0 Å². The highest BCUT2D eigenvalue weighted by Gasteiger charge is 2.47. The molecule has 0 saturated carbocycles. The zero-order chi connectivity index (χ0) is 38.7. The number of rotatable bonds is 4. The maximum Gasteiger partial charge on any atom is 0.143 e. The van der Waals surface area contributed by atoms with Crippen LogP contribution < -0.4 is 0 Å². The minimum absolute atomic E-state index is 0.603. The molecule has 2 heterocycles. The molecule has 0 fully saturated rings. The van der Waals surface area contributed by atoms with E-state index in [2.05, 4.69) is 194 Å². The Labute approximate surface area is 340 Å². The van der Waals surface area contributed by atoms with Crippen LogP contribution in [0.5, 0.6) is 0 Å².